The van der Waals surface area contributed by atoms with Gasteiger partial charge >= 0.3 is 27.9 Å². The first-order valence-electron chi connectivity index (χ1n) is 13.0. The number of oxime groups is 1. The highest BCUT2D eigenvalue weighted by atomic mass is 32.2. The average Bonchev–Trinajstić information content (AvgIpc) is 3.55. The quantitative estimate of drug-likeness (QED) is 0.0722. The third-order valence-electron chi connectivity index (χ3n) is 6.20. The van der Waals surface area contributed by atoms with Crippen LogP contribution in [-0.4, -0.2) is 95.0 Å². The molecule has 0 radical (unpaired) electrons. The van der Waals surface area contributed by atoms with E-state index in [-0.39, 0.29) is 33.0 Å². The Morgan fingerprint density at radius 3 is 2.54 bits per heavy atom. The third kappa shape index (κ3) is 6.58. The van der Waals surface area contributed by atoms with Gasteiger partial charge in [0.05, 0.1) is 12.2 Å². The lowest BCUT2D eigenvalue weighted by atomic mass is 10.1. The minimum absolute atomic E-state index is 0.0362. The van der Waals surface area contributed by atoms with Gasteiger partial charge in [-0.25, -0.2) is 24.1 Å². The van der Waals surface area contributed by atoms with Crippen LogP contribution in [0.5, 0.6) is 5.75 Å². The smallest absolute Gasteiger partial charge is 0.362 e. The number of thiazole rings is 1. The number of H-pyrrole nitrogens is 1. The summed E-state index contributed by atoms with van der Waals surface area (Å²) in [6.45, 7) is 3.46. The number of hydrogen-bond donors (Lipinski definition) is 6. The number of nitrogens with one attached hydrogen (secondary N) is 3. The van der Waals surface area contributed by atoms with Crippen molar-refractivity contribution in [2.75, 3.05) is 12.3 Å². The number of nitrogens with zero attached hydrogens (tertiary/aromatic N) is 6. The number of carbonyl (C=O) groups excluding carboxylic acids is 3. The lowest BCUT2D eigenvalue weighted by molar-refractivity contribution is -0.161. The Labute approximate surface area is 261 Å². The number of anilines is 1. The number of carbonyl (C=O) groups is 4. The van der Waals surface area contributed by atoms with Crippen LogP contribution in [0.1, 0.15) is 32.9 Å². The molecule has 0 aliphatic carbocycles. The van der Waals surface area contributed by atoms with Gasteiger partial charge in [0.2, 0.25) is 11.0 Å². The number of likely N-dealkylation sites (tertiary alicyclic amines) is 1. The van der Waals surface area contributed by atoms with Crippen LogP contribution in [0.25, 0.3) is 11.5 Å². The van der Waals surface area contributed by atoms with Crippen molar-refractivity contribution in [3.63, 3.8) is 0 Å². The first kappa shape index (κ1) is 33.3. The number of aromatic amines is 1. The van der Waals surface area contributed by atoms with Crippen LogP contribution in [-0.2, 0) is 36.0 Å². The highest BCUT2D eigenvalue weighted by Gasteiger charge is 2.44. The second-order valence-electron chi connectivity index (χ2n) is 10.0. The van der Waals surface area contributed by atoms with Gasteiger partial charge in [-0.15, -0.1) is 16.4 Å². The summed E-state index contributed by atoms with van der Waals surface area (Å²) in [6, 6.07) is -1.93. The number of rotatable bonds is 11. The second kappa shape index (κ2) is 12.4. The molecule has 21 nitrogen and oxygen atoms in total. The molecule has 0 bridgehead atoms. The minimum atomic E-state index is -5.05. The molecule has 0 aromatic carbocycles. The second-order valence-corrected chi connectivity index (χ2v) is 12.4. The van der Waals surface area contributed by atoms with E-state index in [1.807, 2.05) is 0 Å². The van der Waals surface area contributed by atoms with Gasteiger partial charge in [0, 0.05) is 24.2 Å². The fraction of sp³-hybridized carbons (Fsp3) is 0.348. The molecule has 0 unspecified atom stereocenters. The minimum Gasteiger partial charge on any atom is -0.503 e. The van der Waals surface area contributed by atoms with Gasteiger partial charge < -0.3 is 31.1 Å². The summed E-state index contributed by atoms with van der Waals surface area (Å²) in [5, 5.41) is 29.7. The van der Waals surface area contributed by atoms with Crippen LogP contribution in [0.2, 0.25) is 0 Å². The molecule has 0 saturated carbocycles. The number of urea groups is 1. The maximum atomic E-state index is 13.0. The van der Waals surface area contributed by atoms with Gasteiger partial charge in [-0.2, -0.15) is 8.42 Å². The fourth-order valence-electron chi connectivity index (χ4n) is 3.70. The van der Waals surface area contributed by atoms with Gasteiger partial charge in [-0.1, -0.05) is 16.2 Å². The first-order chi connectivity index (χ1) is 21.5. The standard InChI is InChI=1S/C23H26N10O11S2/c1-4-5-31-16(10-6-13(34)14(35)7-25-10)28-33(22(31)41)46(42,43)30-21(40)32-8-11(18(32)37)26-17(36)15(12-9-45-20(24)27-12)29-44-23(2,3)19(38)39/h6-7,9,11,35H,4-5,8H2,1-3H3,(H2,24,27)(H,25,34)(H,26,36)(H,30,40)(H,38,39)/t11-/m0/s1. The van der Waals surface area contributed by atoms with Crippen LogP contribution in [0.4, 0.5) is 9.93 Å². The molecule has 4 amide bonds. The van der Waals surface area contributed by atoms with Crippen LogP contribution < -0.4 is 26.9 Å². The Bertz CT molecular complexity index is 1990. The largest absolute Gasteiger partial charge is 0.503 e. The third-order valence-corrected chi connectivity index (χ3v) is 8.00. The van der Waals surface area contributed by atoms with Crippen LogP contribution in [0, 0.1) is 0 Å². The molecule has 3 aromatic heterocycles. The van der Waals surface area contributed by atoms with Crippen molar-refractivity contribution >= 4 is 56.2 Å². The number of amides is 4. The number of pyridine rings is 1. The summed E-state index contributed by atoms with van der Waals surface area (Å²) in [5.74, 6) is -4.42. The van der Waals surface area contributed by atoms with Crippen molar-refractivity contribution in [2.45, 2.75) is 45.4 Å². The molecule has 3 aromatic rings. The normalized spacial score (nSPS) is 15.3. The molecule has 23 heteroatoms. The molecule has 1 aliphatic heterocycles. The molecule has 7 N–H and O–H groups in total. The van der Waals surface area contributed by atoms with E-state index < -0.39 is 74.8 Å². The Morgan fingerprint density at radius 1 is 1.28 bits per heavy atom. The number of hydrogen-bond acceptors (Lipinski definition) is 15. The maximum Gasteiger partial charge on any atom is 0.362 e. The predicted molar refractivity (Wildman–Crippen MR) is 157 cm³/mol. The van der Waals surface area contributed by atoms with E-state index in [1.165, 1.54) is 19.2 Å². The molecule has 1 fully saturated rings. The van der Waals surface area contributed by atoms with Gasteiger partial charge in [0.15, 0.2) is 22.4 Å². The lowest BCUT2D eigenvalue weighted by Gasteiger charge is -2.36. The number of imide groups is 1. The van der Waals surface area contributed by atoms with E-state index in [2.05, 4.69) is 25.5 Å². The number of aromatic hydroxyl groups is 1. The predicted octanol–water partition coefficient (Wildman–Crippen LogP) is -2.03. The summed E-state index contributed by atoms with van der Waals surface area (Å²) >= 11 is 0.935. The summed E-state index contributed by atoms with van der Waals surface area (Å²) < 4.78 is 28.4. The molecular formula is C23H26N10O11S2. The Kier molecular flexibility index (Phi) is 9.00. The number of aromatic nitrogens is 5. The number of nitrogen functional groups attached to an aromatic ring is 1. The van der Waals surface area contributed by atoms with Crippen LogP contribution >= 0.6 is 11.3 Å². The van der Waals surface area contributed by atoms with E-state index in [0.717, 1.165) is 28.2 Å². The van der Waals surface area contributed by atoms with E-state index in [4.69, 9.17) is 10.6 Å². The zero-order chi connectivity index (χ0) is 34.1. The zero-order valence-electron chi connectivity index (χ0n) is 24.1. The molecule has 1 aliphatic rings. The van der Waals surface area contributed by atoms with Crippen LogP contribution in [0.15, 0.2) is 32.4 Å². The Balaban J connectivity index is 1.49. The summed E-state index contributed by atoms with van der Waals surface area (Å²) in [4.78, 5) is 86.4. The topological polar surface area (TPSA) is 303 Å². The number of nitrogens with two attached hydrogens (primary N) is 1. The highest BCUT2D eigenvalue weighted by molar-refractivity contribution is 7.88. The number of β-lactam (4-membered cyclic amide) rings is 1. The van der Waals surface area contributed by atoms with Crippen molar-refractivity contribution in [1.29, 1.82) is 0 Å². The molecule has 1 atom stereocenters. The number of carboxylic acids is 1. The van der Waals surface area contributed by atoms with Crippen molar-refractivity contribution in [1.82, 2.24) is 38.7 Å². The van der Waals surface area contributed by atoms with Crippen molar-refractivity contribution in [3.05, 3.63) is 44.0 Å². The first-order valence-corrected chi connectivity index (χ1v) is 15.3. The number of carboxylic acid groups (broad SMARTS) is 1. The summed E-state index contributed by atoms with van der Waals surface area (Å²) in [6.07, 6.45) is 1.26. The molecule has 4 rings (SSSR count). The molecule has 1 saturated heterocycles. The molecule has 4 heterocycles. The summed E-state index contributed by atoms with van der Waals surface area (Å²) in [7, 11) is -5.05. The van der Waals surface area contributed by atoms with Crippen molar-refractivity contribution < 1.29 is 42.6 Å². The SMILES string of the molecule is CCCn1c(-c2cc(=O)c(O)c[nH]2)nn(S(=O)(=O)NC(=O)N2C[C@H](NC(=O)C(=NOC(C)(C)C(=O)O)c3csc(N)n3)C2=O)c1=O. The summed E-state index contributed by atoms with van der Waals surface area (Å²) in [5.41, 5.74) is 0.982. The number of aliphatic carboxylic acids is 1. The molecule has 46 heavy (non-hydrogen) atoms. The van der Waals surface area contributed by atoms with E-state index in [9.17, 15) is 47.4 Å². The molecule has 246 valence electrons. The van der Waals surface area contributed by atoms with Crippen LogP contribution in [0.3, 0.4) is 0 Å². The molecular weight excluding hydrogens is 656 g/mol. The zero-order valence-corrected chi connectivity index (χ0v) is 25.7. The van der Waals surface area contributed by atoms with E-state index >= 15 is 0 Å². The fourth-order valence-corrected chi connectivity index (χ4v) is 5.16. The van der Waals surface area contributed by atoms with Gasteiger partial charge in [-0.3, -0.25) is 23.9 Å². The monoisotopic (exact) mass is 682 g/mol. The van der Waals surface area contributed by atoms with Crippen molar-refractivity contribution in [2.24, 2.45) is 5.16 Å². The lowest BCUT2D eigenvalue weighted by Crippen LogP contribution is -2.68. The van der Waals surface area contributed by atoms with E-state index in [1.54, 1.807) is 11.6 Å². The van der Waals surface area contributed by atoms with Gasteiger partial charge in [0.25, 0.3) is 11.8 Å². The van der Waals surface area contributed by atoms with Crippen molar-refractivity contribution in [3.8, 4) is 17.3 Å². The Hall–Kier alpha value is -5.58. The molecule has 0 spiro atoms. The van der Waals surface area contributed by atoms with E-state index in [0.29, 0.717) is 11.3 Å². The van der Waals surface area contributed by atoms with Gasteiger partial charge in [0.1, 0.15) is 11.7 Å². The Morgan fingerprint density at radius 2 is 1.98 bits per heavy atom. The maximum absolute atomic E-state index is 13.0. The average molecular weight is 683 g/mol. The van der Waals surface area contributed by atoms with Gasteiger partial charge in [-0.05, 0) is 20.3 Å². The highest BCUT2D eigenvalue weighted by Crippen LogP contribution is 2.18.